The zero-order chi connectivity index (χ0) is 14.9. The standard InChI is InChI=1S/C16H18N2O2S/c1-13-4-2-5-15(12-13)21(19,20)18-11-3-6-16(18)14-7-9-17-10-8-14/h2,4-5,7-10,12,16H,3,6,11H2,1H3. The SMILES string of the molecule is Cc1cccc(S(=O)(=O)N2CCCC2c2ccncc2)c1. The van der Waals surface area contributed by atoms with Crippen LogP contribution in [0.5, 0.6) is 0 Å². The largest absolute Gasteiger partial charge is 0.265 e. The van der Waals surface area contributed by atoms with Gasteiger partial charge in [0.05, 0.1) is 10.9 Å². The molecule has 3 rings (SSSR count). The van der Waals surface area contributed by atoms with Crippen LogP contribution in [0.4, 0.5) is 0 Å². The van der Waals surface area contributed by atoms with E-state index in [2.05, 4.69) is 4.98 Å². The molecule has 0 spiro atoms. The van der Waals surface area contributed by atoms with Gasteiger partial charge >= 0.3 is 0 Å². The van der Waals surface area contributed by atoms with E-state index in [-0.39, 0.29) is 6.04 Å². The minimum Gasteiger partial charge on any atom is -0.265 e. The summed E-state index contributed by atoms with van der Waals surface area (Å²) in [6.07, 6.45) is 5.17. The number of aryl methyl sites for hydroxylation is 1. The molecule has 4 nitrogen and oxygen atoms in total. The second kappa shape index (κ2) is 5.58. The molecule has 0 N–H and O–H groups in total. The average Bonchev–Trinajstić information content (AvgIpc) is 2.98. The lowest BCUT2D eigenvalue weighted by Gasteiger charge is -2.24. The topological polar surface area (TPSA) is 50.3 Å². The van der Waals surface area contributed by atoms with Gasteiger partial charge in [-0.1, -0.05) is 12.1 Å². The third-order valence-corrected chi connectivity index (χ3v) is 5.79. The summed E-state index contributed by atoms with van der Waals surface area (Å²) in [7, 11) is -3.45. The molecule has 0 amide bonds. The lowest BCUT2D eigenvalue weighted by atomic mass is 10.1. The summed E-state index contributed by atoms with van der Waals surface area (Å²) in [5.74, 6) is 0. The maximum Gasteiger partial charge on any atom is 0.243 e. The highest BCUT2D eigenvalue weighted by molar-refractivity contribution is 7.89. The molecule has 1 aromatic heterocycles. The molecular weight excluding hydrogens is 284 g/mol. The molecule has 0 saturated carbocycles. The molecule has 1 aliphatic heterocycles. The Balaban J connectivity index is 1.98. The number of nitrogens with zero attached hydrogens (tertiary/aromatic N) is 2. The molecule has 0 bridgehead atoms. The van der Waals surface area contributed by atoms with E-state index in [9.17, 15) is 8.42 Å². The molecule has 1 aromatic carbocycles. The minimum absolute atomic E-state index is 0.0847. The van der Waals surface area contributed by atoms with Gasteiger partial charge in [-0.25, -0.2) is 8.42 Å². The van der Waals surface area contributed by atoms with Crippen molar-refractivity contribution in [3.05, 3.63) is 59.9 Å². The van der Waals surface area contributed by atoms with E-state index in [4.69, 9.17) is 0 Å². The fourth-order valence-electron chi connectivity index (χ4n) is 2.86. The van der Waals surface area contributed by atoms with Gasteiger partial charge in [-0.2, -0.15) is 4.31 Å². The number of pyridine rings is 1. The van der Waals surface area contributed by atoms with Crippen molar-refractivity contribution in [1.29, 1.82) is 0 Å². The number of hydrogen-bond acceptors (Lipinski definition) is 3. The first-order valence-corrected chi connectivity index (χ1v) is 8.51. The minimum atomic E-state index is -3.45. The molecule has 1 aliphatic rings. The lowest BCUT2D eigenvalue weighted by Crippen LogP contribution is -2.30. The van der Waals surface area contributed by atoms with Gasteiger partial charge < -0.3 is 0 Å². The van der Waals surface area contributed by atoms with Crippen LogP contribution < -0.4 is 0 Å². The number of sulfonamides is 1. The monoisotopic (exact) mass is 302 g/mol. The number of rotatable bonds is 3. The number of benzene rings is 1. The van der Waals surface area contributed by atoms with Crippen LogP contribution >= 0.6 is 0 Å². The Hall–Kier alpha value is -1.72. The van der Waals surface area contributed by atoms with Crippen LogP contribution in [0.2, 0.25) is 0 Å². The van der Waals surface area contributed by atoms with Gasteiger partial charge in [0, 0.05) is 18.9 Å². The molecule has 110 valence electrons. The molecule has 1 saturated heterocycles. The van der Waals surface area contributed by atoms with Gasteiger partial charge in [0.15, 0.2) is 0 Å². The van der Waals surface area contributed by atoms with Crippen LogP contribution in [-0.2, 0) is 10.0 Å². The Bertz CT molecular complexity index is 729. The van der Waals surface area contributed by atoms with Crippen LogP contribution in [0.3, 0.4) is 0 Å². The van der Waals surface area contributed by atoms with Crippen LogP contribution in [0.15, 0.2) is 53.7 Å². The van der Waals surface area contributed by atoms with E-state index >= 15 is 0 Å². The summed E-state index contributed by atoms with van der Waals surface area (Å²) >= 11 is 0. The van der Waals surface area contributed by atoms with E-state index in [1.807, 2.05) is 25.1 Å². The molecule has 0 aliphatic carbocycles. The van der Waals surface area contributed by atoms with E-state index < -0.39 is 10.0 Å². The van der Waals surface area contributed by atoms with Gasteiger partial charge in [0.2, 0.25) is 10.0 Å². The highest BCUT2D eigenvalue weighted by Crippen LogP contribution is 2.36. The van der Waals surface area contributed by atoms with Crippen LogP contribution in [0, 0.1) is 6.92 Å². The van der Waals surface area contributed by atoms with E-state index in [1.54, 1.807) is 34.9 Å². The Kier molecular flexibility index (Phi) is 3.78. The highest BCUT2D eigenvalue weighted by atomic mass is 32.2. The first-order chi connectivity index (χ1) is 10.1. The van der Waals surface area contributed by atoms with Gasteiger partial charge in [0.25, 0.3) is 0 Å². The predicted octanol–water partition coefficient (Wildman–Crippen LogP) is 2.92. The summed E-state index contributed by atoms with van der Waals surface area (Å²) in [6, 6.07) is 10.8. The maximum atomic E-state index is 12.9. The van der Waals surface area contributed by atoms with Gasteiger partial charge in [-0.05, 0) is 55.2 Å². The summed E-state index contributed by atoms with van der Waals surface area (Å²) in [6.45, 7) is 2.48. The highest BCUT2D eigenvalue weighted by Gasteiger charge is 2.36. The summed E-state index contributed by atoms with van der Waals surface area (Å²) in [5.41, 5.74) is 1.97. The second-order valence-electron chi connectivity index (χ2n) is 5.37. The molecule has 1 atom stereocenters. The van der Waals surface area contributed by atoms with Gasteiger partial charge in [0.1, 0.15) is 0 Å². The van der Waals surface area contributed by atoms with Crippen molar-refractivity contribution in [3.8, 4) is 0 Å². The molecular formula is C16H18N2O2S. The Morgan fingerprint density at radius 3 is 2.67 bits per heavy atom. The molecule has 5 heteroatoms. The summed E-state index contributed by atoms with van der Waals surface area (Å²) in [5, 5.41) is 0. The zero-order valence-electron chi connectivity index (χ0n) is 11.9. The first-order valence-electron chi connectivity index (χ1n) is 7.07. The fourth-order valence-corrected chi connectivity index (χ4v) is 4.65. The van der Waals surface area contributed by atoms with Crippen molar-refractivity contribution in [2.45, 2.75) is 30.7 Å². The van der Waals surface area contributed by atoms with E-state index in [0.29, 0.717) is 11.4 Å². The van der Waals surface area contributed by atoms with Gasteiger partial charge in [-0.3, -0.25) is 4.98 Å². The molecule has 1 fully saturated rings. The maximum absolute atomic E-state index is 12.9. The predicted molar refractivity (Wildman–Crippen MR) is 81.3 cm³/mol. The molecule has 0 radical (unpaired) electrons. The lowest BCUT2D eigenvalue weighted by molar-refractivity contribution is 0.396. The molecule has 21 heavy (non-hydrogen) atoms. The third-order valence-electron chi connectivity index (χ3n) is 3.89. The smallest absolute Gasteiger partial charge is 0.243 e. The Labute approximate surface area is 125 Å². The van der Waals surface area contributed by atoms with Crippen molar-refractivity contribution in [3.63, 3.8) is 0 Å². The molecule has 2 aromatic rings. The van der Waals surface area contributed by atoms with Crippen LogP contribution in [-0.4, -0.2) is 24.3 Å². The number of hydrogen-bond donors (Lipinski definition) is 0. The number of aromatic nitrogens is 1. The quantitative estimate of drug-likeness (QED) is 0.876. The normalized spacial score (nSPS) is 19.8. The second-order valence-corrected chi connectivity index (χ2v) is 7.26. The Morgan fingerprint density at radius 2 is 1.95 bits per heavy atom. The molecule has 1 unspecified atom stereocenters. The van der Waals surface area contributed by atoms with E-state index in [1.165, 1.54) is 0 Å². The van der Waals surface area contributed by atoms with Gasteiger partial charge in [-0.15, -0.1) is 0 Å². The average molecular weight is 302 g/mol. The fraction of sp³-hybridized carbons (Fsp3) is 0.312. The van der Waals surface area contributed by atoms with Crippen molar-refractivity contribution in [2.24, 2.45) is 0 Å². The van der Waals surface area contributed by atoms with Crippen LogP contribution in [0.25, 0.3) is 0 Å². The van der Waals surface area contributed by atoms with Crippen molar-refractivity contribution in [1.82, 2.24) is 9.29 Å². The summed E-state index contributed by atoms with van der Waals surface area (Å²) in [4.78, 5) is 4.38. The van der Waals surface area contributed by atoms with Crippen molar-refractivity contribution >= 4 is 10.0 Å². The van der Waals surface area contributed by atoms with Crippen LogP contribution in [0.1, 0.15) is 30.0 Å². The van der Waals surface area contributed by atoms with Crippen molar-refractivity contribution < 1.29 is 8.42 Å². The molecule has 2 heterocycles. The summed E-state index contributed by atoms with van der Waals surface area (Å²) < 4.78 is 27.4. The third kappa shape index (κ3) is 2.71. The zero-order valence-corrected chi connectivity index (χ0v) is 12.8. The Morgan fingerprint density at radius 1 is 1.19 bits per heavy atom. The van der Waals surface area contributed by atoms with E-state index in [0.717, 1.165) is 24.0 Å². The first kappa shape index (κ1) is 14.2. The van der Waals surface area contributed by atoms with Crippen molar-refractivity contribution in [2.75, 3.05) is 6.54 Å².